The molecule has 2 rings (SSSR count). The van der Waals surface area contributed by atoms with Gasteiger partial charge >= 0.3 is 0 Å². The van der Waals surface area contributed by atoms with Crippen LogP contribution in [0, 0.1) is 0 Å². The maximum Gasteiger partial charge on any atom is 0.0908 e. The molecule has 0 aliphatic heterocycles. The van der Waals surface area contributed by atoms with Crippen molar-refractivity contribution in [1.29, 1.82) is 0 Å². The van der Waals surface area contributed by atoms with Crippen LogP contribution in [0.2, 0.25) is 0 Å². The van der Waals surface area contributed by atoms with Gasteiger partial charge in [-0.2, -0.15) is 0 Å². The summed E-state index contributed by atoms with van der Waals surface area (Å²) < 4.78 is 12.0. The molecule has 0 unspecified atom stereocenters. The molecule has 0 saturated heterocycles. The Labute approximate surface area is 103 Å². The Bertz CT molecular complexity index is 482. The van der Waals surface area contributed by atoms with Gasteiger partial charge in [0.05, 0.1) is 22.7 Å². The van der Waals surface area contributed by atoms with Gasteiger partial charge in [-0.3, -0.25) is 4.21 Å². The Kier molecular flexibility index (Phi) is 4.07. The molecule has 0 spiro atoms. The average molecular weight is 246 g/mol. The smallest absolute Gasteiger partial charge is 0.0908 e. The Hall–Kier alpha value is -1.45. The zero-order valence-electron chi connectivity index (χ0n) is 9.32. The van der Waals surface area contributed by atoms with Crippen LogP contribution in [0.25, 0.3) is 0 Å². The highest BCUT2D eigenvalue weighted by Gasteiger charge is 2.12. The first-order valence-electron chi connectivity index (χ1n) is 5.44. The minimum atomic E-state index is -1.16. The van der Waals surface area contributed by atoms with Gasteiger partial charge in [0.1, 0.15) is 0 Å². The van der Waals surface area contributed by atoms with Crippen LogP contribution >= 0.6 is 0 Å². The Morgan fingerprint density at radius 3 is 2.06 bits per heavy atom. The van der Waals surface area contributed by atoms with Crippen molar-refractivity contribution >= 4 is 10.8 Å². The predicted molar refractivity (Wildman–Crippen MR) is 69.1 cm³/mol. The molecule has 3 heteroatoms. The third-order valence-corrected chi connectivity index (χ3v) is 3.92. The van der Waals surface area contributed by atoms with E-state index in [1.165, 1.54) is 0 Å². The molecule has 0 saturated carbocycles. The van der Waals surface area contributed by atoms with E-state index in [2.05, 4.69) is 0 Å². The molecular weight excluding hydrogens is 232 g/mol. The average Bonchev–Trinajstić information content (AvgIpc) is 2.40. The third-order valence-electron chi connectivity index (χ3n) is 2.50. The summed E-state index contributed by atoms with van der Waals surface area (Å²) in [4.78, 5) is 0.752. The first kappa shape index (κ1) is 12.0. The summed E-state index contributed by atoms with van der Waals surface area (Å²) in [6.07, 6.45) is -0.683. The second-order valence-electron chi connectivity index (χ2n) is 3.75. The van der Waals surface area contributed by atoms with Crippen LogP contribution in [0.3, 0.4) is 0 Å². The van der Waals surface area contributed by atoms with Gasteiger partial charge in [0.15, 0.2) is 0 Å². The Morgan fingerprint density at radius 1 is 0.941 bits per heavy atom. The van der Waals surface area contributed by atoms with E-state index in [0.29, 0.717) is 0 Å². The standard InChI is InChI=1S/C14H14O2S/c15-14(12-7-3-1-4-8-12)11-17(16)13-9-5-2-6-10-13/h1-10,14-15H,11H2/t14-,17-/m1/s1. The first-order valence-corrected chi connectivity index (χ1v) is 6.75. The topological polar surface area (TPSA) is 37.3 Å². The van der Waals surface area contributed by atoms with E-state index in [4.69, 9.17) is 0 Å². The van der Waals surface area contributed by atoms with Gasteiger partial charge in [-0.15, -0.1) is 0 Å². The first-order chi connectivity index (χ1) is 8.27. The van der Waals surface area contributed by atoms with E-state index in [0.717, 1.165) is 10.5 Å². The van der Waals surface area contributed by atoms with E-state index in [1.54, 1.807) is 0 Å². The zero-order chi connectivity index (χ0) is 12.1. The van der Waals surface area contributed by atoms with Crippen LogP contribution in [-0.4, -0.2) is 15.1 Å². The molecule has 2 nitrogen and oxygen atoms in total. The van der Waals surface area contributed by atoms with Crippen molar-refractivity contribution < 1.29 is 9.32 Å². The fourth-order valence-corrected chi connectivity index (χ4v) is 2.72. The molecule has 0 bridgehead atoms. The maximum atomic E-state index is 12.0. The number of hydrogen-bond acceptors (Lipinski definition) is 2. The maximum absolute atomic E-state index is 12.0. The zero-order valence-corrected chi connectivity index (χ0v) is 10.1. The lowest BCUT2D eigenvalue weighted by molar-refractivity contribution is 0.203. The van der Waals surface area contributed by atoms with Crippen molar-refractivity contribution in [3.05, 3.63) is 66.2 Å². The van der Waals surface area contributed by atoms with E-state index in [-0.39, 0.29) is 5.75 Å². The number of rotatable bonds is 4. The summed E-state index contributed by atoms with van der Waals surface area (Å²) in [6.45, 7) is 0. The summed E-state index contributed by atoms with van der Waals surface area (Å²) >= 11 is 0. The van der Waals surface area contributed by atoms with Gasteiger partial charge in [0.2, 0.25) is 0 Å². The van der Waals surface area contributed by atoms with E-state index >= 15 is 0 Å². The van der Waals surface area contributed by atoms with Crippen molar-refractivity contribution in [3.8, 4) is 0 Å². The van der Waals surface area contributed by atoms with Crippen molar-refractivity contribution in [2.45, 2.75) is 11.0 Å². The van der Waals surface area contributed by atoms with Crippen LogP contribution in [0.15, 0.2) is 65.6 Å². The lowest BCUT2D eigenvalue weighted by atomic mass is 10.1. The van der Waals surface area contributed by atoms with Gasteiger partial charge in [-0.25, -0.2) is 0 Å². The summed E-state index contributed by atoms with van der Waals surface area (Å²) in [5.74, 6) is 0.230. The summed E-state index contributed by atoms with van der Waals surface area (Å²) in [5, 5.41) is 9.96. The molecule has 0 heterocycles. The molecule has 0 fully saturated rings. The second kappa shape index (κ2) is 5.75. The Balaban J connectivity index is 2.05. The highest BCUT2D eigenvalue weighted by Crippen LogP contribution is 2.16. The summed E-state index contributed by atoms with van der Waals surface area (Å²) in [5.41, 5.74) is 0.803. The third kappa shape index (κ3) is 3.25. The molecule has 17 heavy (non-hydrogen) atoms. The lowest BCUT2D eigenvalue weighted by Crippen LogP contribution is -2.09. The largest absolute Gasteiger partial charge is 0.387 e. The summed E-state index contributed by atoms with van der Waals surface area (Å²) in [6, 6.07) is 18.5. The predicted octanol–water partition coefficient (Wildman–Crippen LogP) is 2.53. The molecule has 1 N–H and O–H groups in total. The van der Waals surface area contributed by atoms with Crippen LogP contribution in [0.5, 0.6) is 0 Å². The monoisotopic (exact) mass is 246 g/mol. The molecule has 2 aromatic carbocycles. The highest BCUT2D eigenvalue weighted by atomic mass is 32.2. The van der Waals surface area contributed by atoms with Gasteiger partial charge in [-0.05, 0) is 17.7 Å². The van der Waals surface area contributed by atoms with Gasteiger partial charge < -0.3 is 5.11 Å². The molecule has 0 aliphatic rings. The molecule has 88 valence electrons. The van der Waals surface area contributed by atoms with E-state index in [9.17, 15) is 9.32 Å². The van der Waals surface area contributed by atoms with Crippen LogP contribution in [-0.2, 0) is 10.8 Å². The molecule has 0 aromatic heterocycles. The van der Waals surface area contributed by atoms with E-state index < -0.39 is 16.9 Å². The normalized spacial score (nSPS) is 14.2. The highest BCUT2D eigenvalue weighted by molar-refractivity contribution is 7.85. The quantitative estimate of drug-likeness (QED) is 0.900. The molecular formula is C14H14O2S. The fraction of sp³-hybridized carbons (Fsp3) is 0.143. The van der Waals surface area contributed by atoms with Gasteiger partial charge in [0.25, 0.3) is 0 Å². The molecule has 2 atom stereocenters. The number of hydrogen-bond donors (Lipinski definition) is 1. The lowest BCUT2D eigenvalue weighted by Gasteiger charge is -2.10. The fourth-order valence-electron chi connectivity index (χ4n) is 1.58. The minimum absolute atomic E-state index is 0.230. The van der Waals surface area contributed by atoms with Crippen molar-refractivity contribution in [2.75, 3.05) is 5.75 Å². The van der Waals surface area contributed by atoms with Crippen molar-refractivity contribution in [3.63, 3.8) is 0 Å². The minimum Gasteiger partial charge on any atom is -0.387 e. The number of aliphatic hydroxyl groups excluding tert-OH is 1. The van der Waals surface area contributed by atoms with Gasteiger partial charge in [-0.1, -0.05) is 48.5 Å². The van der Waals surface area contributed by atoms with Crippen LogP contribution in [0.4, 0.5) is 0 Å². The number of benzene rings is 2. The van der Waals surface area contributed by atoms with Crippen molar-refractivity contribution in [2.24, 2.45) is 0 Å². The van der Waals surface area contributed by atoms with Crippen LogP contribution in [0.1, 0.15) is 11.7 Å². The molecule has 0 radical (unpaired) electrons. The SMILES string of the molecule is O=[S@](C[C@@H](O)c1ccccc1)c1ccccc1. The molecule has 0 aliphatic carbocycles. The van der Waals surface area contributed by atoms with E-state index in [1.807, 2.05) is 60.7 Å². The Morgan fingerprint density at radius 2 is 1.47 bits per heavy atom. The second-order valence-corrected chi connectivity index (χ2v) is 5.25. The summed E-state index contributed by atoms with van der Waals surface area (Å²) in [7, 11) is -1.16. The number of aliphatic hydroxyl groups is 1. The van der Waals surface area contributed by atoms with Gasteiger partial charge in [0, 0.05) is 4.90 Å². The molecule has 0 amide bonds. The van der Waals surface area contributed by atoms with Crippen molar-refractivity contribution in [1.82, 2.24) is 0 Å². The van der Waals surface area contributed by atoms with Crippen LogP contribution < -0.4 is 0 Å². The molecule has 2 aromatic rings.